The lowest BCUT2D eigenvalue weighted by Gasteiger charge is -2.27. The molecule has 5 N–H and O–H groups in total. The van der Waals surface area contributed by atoms with E-state index in [1.165, 1.54) is 64.2 Å². The van der Waals surface area contributed by atoms with E-state index in [4.69, 9.17) is 5.73 Å². The van der Waals surface area contributed by atoms with Crippen molar-refractivity contribution in [3.63, 3.8) is 0 Å². The molecule has 0 aliphatic rings. The number of unbranched alkanes of at least 4 members (excludes halogenated alkanes) is 13. The van der Waals surface area contributed by atoms with Gasteiger partial charge in [0.15, 0.2) is 0 Å². The highest BCUT2D eigenvalue weighted by atomic mass is 16.3. The van der Waals surface area contributed by atoms with Crippen molar-refractivity contribution in [2.45, 2.75) is 103 Å². The summed E-state index contributed by atoms with van der Waals surface area (Å²) >= 11 is 0. The first kappa shape index (κ1) is 25.4. The van der Waals surface area contributed by atoms with E-state index in [0.717, 1.165) is 25.7 Å². The molecule has 0 radical (unpaired) electrons. The van der Waals surface area contributed by atoms with E-state index in [-0.39, 0.29) is 25.7 Å². The SMILES string of the molecule is NC(=O)CCCCCCCCCCCCCCCCC(CO)(CO)CO. The molecule has 0 aromatic carbocycles. The number of rotatable bonds is 20. The lowest BCUT2D eigenvalue weighted by atomic mass is 9.85. The number of primary amides is 1. The van der Waals surface area contributed by atoms with Gasteiger partial charge in [-0.25, -0.2) is 0 Å². The summed E-state index contributed by atoms with van der Waals surface area (Å²) in [6.45, 7) is -0.436. The topological polar surface area (TPSA) is 104 Å². The summed E-state index contributed by atoms with van der Waals surface area (Å²) in [5, 5.41) is 27.8. The molecule has 26 heavy (non-hydrogen) atoms. The van der Waals surface area contributed by atoms with Gasteiger partial charge in [-0.05, 0) is 12.8 Å². The minimum absolute atomic E-state index is 0.145. The van der Waals surface area contributed by atoms with Crippen molar-refractivity contribution in [1.82, 2.24) is 0 Å². The average Bonchev–Trinajstić information content (AvgIpc) is 2.65. The lowest BCUT2D eigenvalue weighted by Crippen LogP contribution is -2.33. The van der Waals surface area contributed by atoms with Gasteiger partial charge in [0.25, 0.3) is 0 Å². The van der Waals surface area contributed by atoms with Gasteiger partial charge in [-0.3, -0.25) is 4.79 Å². The molecule has 0 atom stereocenters. The summed E-state index contributed by atoms with van der Waals surface area (Å²) in [4.78, 5) is 10.6. The Kier molecular flexibility index (Phi) is 17.3. The van der Waals surface area contributed by atoms with Crippen LogP contribution in [-0.4, -0.2) is 41.0 Å². The van der Waals surface area contributed by atoms with Crippen LogP contribution in [0.4, 0.5) is 0 Å². The molecule has 0 unspecified atom stereocenters. The number of aliphatic hydroxyl groups excluding tert-OH is 3. The highest BCUT2D eigenvalue weighted by Crippen LogP contribution is 2.24. The molecule has 5 nitrogen and oxygen atoms in total. The Hall–Kier alpha value is -0.650. The number of nitrogens with two attached hydrogens (primary N) is 1. The van der Waals surface area contributed by atoms with Gasteiger partial charge in [-0.15, -0.1) is 0 Å². The minimum atomic E-state index is -0.693. The van der Waals surface area contributed by atoms with E-state index in [0.29, 0.717) is 12.8 Å². The molecular weight excluding hydrogens is 330 g/mol. The summed E-state index contributed by atoms with van der Waals surface area (Å²) in [6.07, 6.45) is 18.2. The number of aliphatic hydroxyl groups is 3. The first-order valence-corrected chi connectivity index (χ1v) is 10.7. The van der Waals surface area contributed by atoms with Gasteiger partial charge < -0.3 is 21.1 Å². The Balaban J connectivity index is 3.23. The summed E-state index contributed by atoms with van der Waals surface area (Å²) in [5.74, 6) is -0.182. The molecule has 0 aromatic rings. The molecule has 1 amide bonds. The fourth-order valence-corrected chi connectivity index (χ4v) is 3.31. The molecule has 0 rings (SSSR count). The molecule has 0 fully saturated rings. The average molecular weight is 374 g/mol. The second-order valence-corrected chi connectivity index (χ2v) is 7.89. The van der Waals surface area contributed by atoms with E-state index < -0.39 is 5.41 Å². The van der Waals surface area contributed by atoms with Crippen molar-refractivity contribution >= 4 is 5.91 Å². The molecule has 5 heteroatoms. The van der Waals surface area contributed by atoms with Crippen LogP contribution in [0.3, 0.4) is 0 Å². The Bertz CT molecular complexity index is 311. The van der Waals surface area contributed by atoms with Crippen molar-refractivity contribution in [3.8, 4) is 0 Å². The Morgan fingerprint density at radius 2 is 0.885 bits per heavy atom. The zero-order chi connectivity index (χ0) is 19.5. The second kappa shape index (κ2) is 17.7. The Labute approximate surface area is 160 Å². The highest BCUT2D eigenvalue weighted by molar-refractivity contribution is 5.73. The van der Waals surface area contributed by atoms with Crippen LogP contribution < -0.4 is 5.73 Å². The number of hydrogen-bond donors (Lipinski definition) is 4. The zero-order valence-corrected chi connectivity index (χ0v) is 16.8. The third-order valence-corrected chi connectivity index (χ3v) is 5.39. The van der Waals surface area contributed by atoms with Crippen molar-refractivity contribution in [3.05, 3.63) is 0 Å². The van der Waals surface area contributed by atoms with E-state index >= 15 is 0 Å². The standard InChI is InChI=1S/C21H43NO4/c22-20(26)15-13-11-9-7-5-3-1-2-4-6-8-10-12-14-16-21(17-23,18-24)19-25/h23-25H,1-19H2,(H2,22,26). The second-order valence-electron chi connectivity index (χ2n) is 7.89. The molecule has 0 saturated carbocycles. The van der Waals surface area contributed by atoms with Crippen LogP contribution in [0.15, 0.2) is 0 Å². The maximum absolute atomic E-state index is 10.6. The van der Waals surface area contributed by atoms with Crippen LogP contribution in [0.1, 0.15) is 103 Å². The Morgan fingerprint density at radius 1 is 0.577 bits per heavy atom. The third-order valence-electron chi connectivity index (χ3n) is 5.39. The Morgan fingerprint density at radius 3 is 1.19 bits per heavy atom. The molecule has 0 bridgehead atoms. The van der Waals surface area contributed by atoms with Gasteiger partial charge in [-0.1, -0.05) is 83.5 Å². The first-order chi connectivity index (χ1) is 12.6. The van der Waals surface area contributed by atoms with Gasteiger partial charge in [0.05, 0.1) is 19.8 Å². The smallest absolute Gasteiger partial charge is 0.217 e. The third kappa shape index (κ3) is 14.5. The van der Waals surface area contributed by atoms with Gasteiger partial charge >= 0.3 is 0 Å². The van der Waals surface area contributed by atoms with Gasteiger partial charge in [0.1, 0.15) is 0 Å². The minimum Gasteiger partial charge on any atom is -0.396 e. The van der Waals surface area contributed by atoms with Crippen LogP contribution in [0.5, 0.6) is 0 Å². The maximum atomic E-state index is 10.6. The van der Waals surface area contributed by atoms with Crippen LogP contribution in [0, 0.1) is 5.41 Å². The largest absolute Gasteiger partial charge is 0.396 e. The van der Waals surface area contributed by atoms with Crippen molar-refractivity contribution in [2.24, 2.45) is 11.1 Å². The summed E-state index contributed by atoms with van der Waals surface area (Å²) < 4.78 is 0. The van der Waals surface area contributed by atoms with E-state index in [1.807, 2.05) is 0 Å². The van der Waals surface area contributed by atoms with Crippen molar-refractivity contribution in [1.29, 1.82) is 0 Å². The van der Waals surface area contributed by atoms with Crippen LogP contribution in [-0.2, 0) is 4.79 Å². The van der Waals surface area contributed by atoms with Crippen molar-refractivity contribution < 1.29 is 20.1 Å². The number of hydrogen-bond acceptors (Lipinski definition) is 4. The fraction of sp³-hybridized carbons (Fsp3) is 0.952. The lowest BCUT2D eigenvalue weighted by molar-refractivity contribution is -0.118. The molecule has 0 aliphatic carbocycles. The normalized spacial score (nSPS) is 11.8. The summed E-state index contributed by atoms with van der Waals surface area (Å²) in [7, 11) is 0. The predicted molar refractivity (Wildman–Crippen MR) is 107 cm³/mol. The molecule has 156 valence electrons. The fourth-order valence-electron chi connectivity index (χ4n) is 3.31. The first-order valence-electron chi connectivity index (χ1n) is 10.7. The van der Waals surface area contributed by atoms with Crippen LogP contribution in [0.2, 0.25) is 0 Å². The van der Waals surface area contributed by atoms with Gasteiger partial charge in [0.2, 0.25) is 5.91 Å². The summed E-state index contributed by atoms with van der Waals surface area (Å²) in [6, 6.07) is 0. The number of amides is 1. The molecule has 0 saturated heterocycles. The van der Waals surface area contributed by atoms with Gasteiger partial charge in [-0.2, -0.15) is 0 Å². The van der Waals surface area contributed by atoms with E-state index in [9.17, 15) is 20.1 Å². The van der Waals surface area contributed by atoms with Crippen molar-refractivity contribution in [2.75, 3.05) is 19.8 Å². The highest BCUT2D eigenvalue weighted by Gasteiger charge is 2.26. The predicted octanol–water partition coefficient (Wildman–Crippen LogP) is 3.68. The molecule has 0 spiro atoms. The number of carbonyl (C=O) groups excluding carboxylic acids is 1. The van der Waals surface area contributed by atoms with E-state index in [1.54, 1.807) is 0 Å². The molecule has 0 aromatic heterocycles. The zero-order valence-electron chi connectivity index (χ0n) is 16.8. The molecular formula is C21H43NO4. The van der Waals surface area contributed by atoms with E-state index in [2.05, 4.69) is 0 Å². The maximum Gasteiger partial charge on any atom is 0.217 e. The monoisotopic (exact) mass is 373 g/mol. The van der Waals surface area contributed by atoms with Gasteiger partial charge in [0, 0.05) is 11.8 Å². The summed E-state index contributed by atoms with van der Waals surface area (Å²) in [5.41, 5.74) is 4.42. The quantitative estimate of drug-likeness (QED) is 0.244. The molecule has 0 aliphatic heterocycles. The number of carbonyl (C=O) groups is 1. The van der Waals surface area contributed by atoms with Crippen LogP contribution >= 0.6 is 0 Å². The van der Waals surface area contributed by atoms with Crippen LogP contribution in [0.25, 0.3) is 0 Å². The molecule has 0 heterocycles.